The van der Waals surface area contributed by atoms with Gasteiger partial charge in [-0.15, -0.1) is 0 Å². The molecule has 4 heteroatoms. The van der Waals surface area contributed by atoms with Gasteiger partial charge in [-0.25, -0.2) is 4.39 Å². The topological polar surface area (TPSA) is 27.7 Å². The Morgan fingerprint density at radius 1 is 0.750 bits per heavy atom. The molecule has 0 aliphatic heterocycles. The first-order valence-corrected chi connectivity index (χ1v) is 7.53. The summed E-state index contributed by atoms with van der Waals surface area (Å²) in [5.74, 6) is 1.51. The van der Waals surface area contributed by atoms with Gasteiger partial charge in [0.1, 0.15) is 12.4 Å². The molecule has 0 aliphatic rings. The molecule has 0 fully saturated rings. The molecule has 0 radical (unpaired) electrons. The average molecular weight is 324 g/mol. The van der Waals surface area contributed by atoms with Gasteiger partial charge in [-0.3, -0.25) is 0 Å². The Hall–Kier alpha value is -3.01. The minimum Gasteiger partial charge on any atom is -0.493 e. The van der Waals surface area contributed by atoms with Crippen LogP contribution in [0.3, 0.4) is 0 Å². The molecule has 0 amide bonds. The normalized spacial score (nSPS) is 10.2. The minimum absolute atomic E-state index is 0.326. The maximum Gasteiger partial charge on any atom is 0.169 e. The lowest BCUT2D eigenvalue weighted by molar-refractivity contribution is 0.287. The molecule has 0 bridgehead atoms. The quantitative estimate of drug-likeness (QED) is 0.623. The third-order valence-corrected chi connectivity index (χ3v) is 3.43. The summed E-state index contributed by atoms with van der Waals surface area (Å²) in [5, 5.41) is 0. The maximum absolute atomic E-state index is 13.6. The molecule has 0 saturated carbocycles. The molecule has 0 aromatic heterocycles. The molecular formula is C20H17FO3. The van der Waals surface area contributed by atoms with Crippen LogP contribution in [0.5, 0.6) is 23.0 Å². The van der Waals surface area contributed by atoms with Crippen molar-refractivity contribution in [1.29, 1.82) is 0 Å². The largest absolute Gasteiger partial charge is 0.493 e. The van der Waals surface area contributed by atoms with E-state index < -0.39 is 0 Å². The lowest BCUT2D eigenvalue weighted by atomic mass is 10.2. The summed E-state index contributed by atoms with van der Waals surface area (Å²) in [5.41, 5.74) is 0.991. The van der Waals surface area contributed by atoms with Crippen molar-refractivity contribution in [3.8, 4) is 23.0 Å². The Kier molecular flexibility index (Phi) is 4.96. The molecule has 0 unspecified atom stereocenters. The third-order valence-electron chi connectivity index (χ3n) is 3.43. The minimum atomic E-state index is -0.384. The van der Waals surface area contributed by atoms with Crippen molar-refractivity contribution < 1.29 is 18.6 Å². The number of benzene rings is 3. The second-order valence-electron chi connectivity index (χ2n) is 5.12. The SMILES string of the molecule is COc1ccccc1Oc1ccc(F)cc1OCc1ccccc1. The van der Waals surface area contributed by atoms with Gasteiger partial charge < -0.3 is 14.2 Å². The van der Waals surface area contributed by atoms with Gasteiger partial charge in [0, 0.05) is 6.07 Å². The standard InChI is InChI=1S/C20H17FO3/c1-22-17-9-5-6-10-18(17)24-19-12-11-16(21)13-20(19)23-14-15-7-3-2-4-8-15/h2-13H,14H2,1H3. The Balaban J connectivity index is 1.83. The van der Waals surface area contributed by atoms with Crippen molar-refractivity contribution in [2.45, 2.75) is 6.61 Å². The van der Waals surface area contributed by atoms with E-state index in [1.165, 1.54) is 12.1 Å². The van der Waals surface area contributed by atoms with Crippen LogP contribution in [0.15, 0.2) is 72.8 Å². The summed E-state index contributed by atoms with van der Waals surface area (Å²) in [6.45, 7) is 0.326. The predicted molar refractivity (Wildman–Crippen MR) is 90.2 cm³/mol. The van der Waals surface area contributed by atoms with Crippen molar-refractivity contribution in [2.24, 2.45) is 0 Å². The highest BCUT2D eigenvalue weighted by atomic mass is 19.1. The van der Waals surface area contributed by atoms with E-state index in [0.717, 1.165) is 5.56 Å². The first kappa shape index (κ1) is 15.9. The van der Waals surface area contributed by atoms with Crippen LogP contribution in [0.25, 0.3) is 0 Å². The molecule has 3 nitrogen and oxygen atoms in total. The monoisotopic (exact) mass is 324 g/mol. The molecule has 0 atom stereocenters. The second-order valence-corrected chi connectivity index (χ2v) is 5.12. The number of hydrogen-bond acceptors (Lipinski definition) is 3. The number of halogens is 1. The lowest BCUT2D eigenvalue weighted by Gasteiger charge is -2.14. The summed E-state index contributed by atoms with van der Waals surface area (Å²) < 4.78 is 30.5. The number of ether oxygens (including phenoxy) is 3. The van der Waals surface area contributed by atoms with E-state index in [1.54, 1.807) is 25.3 Å². The van der Waals surface area contributed by atoms with Crippen molar-refractivity contribution in [3.63, 3.8) is 0 Å². The highest BCUT2D eigenvalue weighted by molar-refractivity contribution is 5.47. The van der Waals surface area contributed by atoms with E-state index in [9.17, 15) is 4.39 Å². The van der Waals surface area contributed by atoms with Gasteiger partial charge in [0.2, 0.25) is 0 Å². The van der Waals surface area contributed by atoms with Crippen LogP contribution in [0, 0.1) is 5.82 Å². The summed E-state index contributed by atoms with van der Waals surface area (Å²) in [4.78, 5) is 0. The summed E-state index contributed by atoms with van der Waals surface area (Å²) in [7, 11) is 1.57. The van der Waals surface area contributed by atoms with Gasteiger partial charge in [0.25, 0.3) is 0 Å². The van der Waals surface area contributed by atoms with Crippen LogP contribution in [-0.4, -0.2) is 7.11 Å². The first-order valence-electron chi connectivity index (χ1n) is 7.53. The molecule has 0 heterocycles. The van der Waals surface area contributed by atoms with Gasteiger partial charge in [-0.1, -0.05) is 42.5 Å². The fourth-order valence-electron chi connectivity index (χ4n) is 2.24. The molecule has 0 N–H and O–H groups in total. The zero-order chi connectivity index (χ0) is 16.8. The van der Waals surface area contributed by atoms with E-state index in [1.807, 2.05) is 42.5 Å². The van der Waals surface area contributed by atoms with Crippen molar-refractivity contribution >= 4 is 0 Å². The second kappa shape index (κ2) is 7.51. The number of hydrogen-bond donors (Lipinski definition) is 0. The van der Waals surface area contributed by atoms with Crippen molar-refractivity contribution in [3.05, 3.63) is 84.2 Å². The van der Waals surface area contributed by atoms with Crippen molar-refractivity contribution in [1.82, 2.24) is 0 Å². The number of methoxy groups -OCH3 is 1. The Bertz CT molecular complexity index is 803. The smallest absolute Gasteiger partial charge is 0.169 e. The van der Waals surface area contributed by atoms with Crippen LogP contribution < -0.4 is 14.2 Å². The summed E-state index contributed by atoms with van der Waals surface area (Å²) in [6, 6.07) is 21.1. The van der Waals surface area contributed by atoms with Crippen molar-refractivity contribution in [2.75, 3.05) is 7.11 Å². The fourth-order valence-corrected chi connectivity index (χ4v) is 2.24. The summed E-state index contributed by atoms with van der Waals surface area (Å²) in [6.07, 6.45) is 0. The Morgan fingerprint density at radius 3 is 2.17 bits per heavy atom. The van der Waals surface area contributed by atoms with Crippen LogP contribution in [0.2, 0.25) is 0 Å². The van der Waals surface area contributed by atoms with Crippen LogP contribution in [0.4, 0.5) is 4.39 Å². The van der Waals surface area contributed by atoms with E-state index in [4.69, 9.17) is 14.2 Å². The predicted octanol–water partition coefficient (Wildman–Crippen LogP) is 5.21. The Labute approximate surface area is 140 Å². The molecule has 24 heavy (non-hydrogen) atoms. The third kappa shape index (κ3) is 3.84. The van der Waals surface area contributed by atoms with Gasteiger partial charge >= 0.3 is 0 Å². The fraction of sp³-hybridized carbons (Fsp3) is 0.100. The average Bonchev–Trinajstić information content (AvgIpc) is 2.63. The molecule has 3 aromatic rings. The highest BCUT2D eigenvalue weighted by Crippen LogP contribution is 2.36. The number of para-hydroxylation sites is 2. The zero-order valence-electron chi connectivity index (χ0n) is 13.2. The highest BCUT2D eigenvalue weighted by Gasteiger charge is 2.11. The van der Waals surface area contributed by atoms with E-state index in [-0.39, 0.29) is 5.82 Å². The molecular weight excluding hydrogens is 307 g/mol. The number of rotatable bonds is 6. The van der Waals surface area contributed by atoms with Crippen LogP contribution in [-0.2, 0) is 6.61 Å². The van der Waals surface area contributed by atoms with E-state index in [0.29, 0.717) is 29.6 Å². The molecule has 122 valence electrons. The molecule has 0 saturated heterocycles. The van der Waals surface area contributed by atoms with Gasteiger partial charge in [-0.2, -0.15) is 0 Å². The van der Waals surface area contributed by atoms with Gasteiger partial charge in [-0.05, 0) is 29.8 Å². The van der Waals surface area contributed by atoms with E-state index in [2.05, 4.69) is 0 Å². The van der Waals surface area contributed by atoms with Crippen LogP contribution in [0.1, 0.15) is 5.56 Å². The zero-order valence-corrected chi connectivity index (χ0v) is 13.2. The van der Waals surface area contributed by atoms with E-state index >= 15 is 0 Å². The molecule has 3 rings (SSSR count). The lowest BCUT2D eigenvalue weighted by Crippen LogP contribution is -1.98. The first-order chi connectivity index (χ1) is 11.8. The summed E-state index contributed by atoms with van der Waals surface area (Å²) >= 11 is 0. The molecule has 3 aromatic carbocycles. The molecule has 0 spiro atoms. The van der Waals surface area contributed by atoms with Gasteiger partial charge in [0.05, 0.1) is 7.11 Å². The molecule has 0 aliphatic carbocycles. The van der Waals surface area contributed by atoms with Crippen LogP contribution >= 0.6 is 0 Å². The van der Waals surface area contributed by atoms with Gasteiger partial charge in [0.15, 0.2) is 23.0 Å². The maximum atomic E-state index is 13.6. The Morgan fingerprint density at radius 2 is 1.42 bits per heavy atom.